The fraction of sp³-hybridized carbons (Fsp3) is 0.462. The van der Waals surface area contributed by atoms with Crippen molar-refractivity contribution in [3.05, 3.63) is 23.5 Å². The quantitative estimate of drug-likeness (QED) is 0.860. The van der Waals surface area contributed by atoms with Crippen molar-refractivity contribution in [2.24, 2.45) is 0 Å². The van der Waals surface area contributed by atoms with Crippen molar-refractivity contribution in [1.29, 1.82) is 0 Å². The van der Waals surface area contributed by atoms with Crippen molar-refractivity contribution in [2.75, 3.05) is 0 Å². The van der Waals surface area contributed by atoms with Crippen LogP contribution in [-0.2, 0) is 16.3 Å². The van der Waals surface area contributed by atoms with Crippen LogP contribution < -0.4 is 0 Å². The molecule has 5 heteroatoms. The SMILES string of the molecule is CC(C)c1cc2cc3c(nc2[nH]1)CC(C)S3(=O)=O. The summed E-state index contributed by atoms with van der Waals surface area (Å²) in [6, 6.07) is 3.75. The number of fused-ring (bicyclic) bond motifs is 2. The Morgan fingerprint density at radius 2 is 2.11 bits per heavy atom. The molecule has 2 aromatic heterocycles. The molecule has 1 unspecified atom stereocenters. The van der Waals surface area contributed by atoms with Gasteiger partial charge in [0.25, 0.3) is 0 Å². The number of aromatic nitrogens is 2. The van der Waals surface area contributed by atoms with Crippen LogP contribution in [0.4, 0.5) is 0 Å². The second kappa shape index (κ2) is 3.57. The molecule has 0 aromatic carbocycles. The van der Waals surface area contributed by atoms with Gasteiger partial charge >= 0.3 is 0 Å². The lowest BCUT2D eigenvalue weighted by atomic mass is 10.1. The second-order valence-corrected chi connectivity index (χ2v) is 7.64. The molecule has 1 atom stereocenters. The Kier molecular flexibility index (Phi) is 2.32. The Bertz CT molecular complexity index is 729. The molecule has 0 radical (unpaired) electrons. The van der Waals surface area contributed by atoms with E-state index in [0.717, 1.165) is 16.7 Å². The van der Waals surface area contributed by atoms with Gasteiger partial charge in [0.2, 0.25) is 0 Å². The summed E-state index contributed by atoms with van der Waals surface area (Å²) in [5.41, 5.74) is 2.58. The molecule has 0 bridgehead atoms. The number of hydrogen-bond acceptors (Lipinski definition) is 3. The number of hydrogen-bond donors (Lipinski definition) is 1. The molecule has 0 spiro atoms. The fourth-order valence-corrected chi connectivity index (χ4v) is 3.96. The third kappa shape index (κ3) is 1.50. The van der Waals surface area contributed by atoms with E-state index in [0.29, 0.717) is 22.9 Å². The minimum absolute atomic E-state index is 0.351. The molecule has 0 fully saturated rings. The van der Waals surface area contributed by atoms with Crippen molar-refractivity contribution >= 4 is 20.9 Å². The lowest BCUT2D eigenvalue weighted by Gasteiger charge is -1.99. The number of nitrogens with zero attached hydrogens (tertiary/aromatic N) is 1. The molecule has 3 rings (SSSR count). The molecule has 1 aliphatic rings. The van der Waals surface area contributed by atoms with E-state index in [2.05, 4.69) is 23.8 Å². The molecular weight excluding hydrogens is 248 g/mol. The highest BCUT2D eigenvalue weighted by atomic mass is 32.2. The average Bonchev–Trinajstić information content (AvgIpc) is 2.78. The van der Waals surface area contributed by atoms with Gasteiger partial charge in [0.15, 0.2) is 9.84 Å². The zero-order valence-electron chi connectivity index (χ0n) is 10.7. The highest BCUT2D eigenvalue weighted by Gasteiger charge is 2.35. The molecule has 0 aliphatic carbocycles. The van der Waals surface area contributed by atoms with E-state index in [1.165, 1.54) is 0 Å². The number of nitrogens with one attached hydrogen (secondary N) is 1. The molecular formula is C13H16N2O2S. The summed E-state index contributed by atoms with van der Waals surface area (Å²) in [5, 5.41) is 0.534. The molecule has 4 nitrogen and oxygen atoms in total. The molecule has 0 saturated carbocycles. The van der Waals surface area contributed by atoms with Gasteiger partial charge in [0.05, 0.1) is 15.8 Å². The Hall–Kier alpha value is -1.36. The largest absolute Gasteiger partial charge is 0.343 e. The monoisotopic (exact) mass is 264 g/mol. The van der Waals surface area contributed by atoms with Gasteiger partial charge in [-0.15, -0.1) is 0 Å². The van der Waals surface area contributed by atoms with E-state index in [-0.39, 0.29) is 5.25 Å². The van der Waals surface area contributed by atoms with E-state index in [1.807, 2.05) is 6.07 Å². The molecule has 3 heterocycles. The van der Waals surface area contributed by atoms with E-state index in [9.17, 15) is 8.42 Å². The third-order valence-corrected chi connectivity index (χ3v) is 5.80. The summed E-state index contributed by atoms with van der Waals surface area (Å²) < 4.78 is 24.2. The van der Waals surface area contributed by atoms with Crippen molar-refractivity contribution in [3.8, 4) is 0 Å². The zero-order valence-corrected chi connectivity index (χ0v) is 11.5. The van der Waals surface area contributed by atoms with Crippen LogP contribution in [0.5, 0.6) is 0 Å². The minimum atomic E-state index is -3.16. The number of rotatable bonds is 1. The van der Waals surface area contributed by atoms with Gasteiger partial charge in [-0.3, -0.25) is 0 Å². The van der Waals surface area contributed by atoms with Gasteiger partial charge in [0.1, 0.15) is 5.65 Å². The van der Waals surface area contributed by atoms with Gasteiger partial charge in [-0.05, 0) is 25.0 Å². The maximum Gasteiger partial charge on any atom is 0.183 e. The van der Waals surface area contributed by atoms with Gasteiger partial charge < -0.3 is 4.98 Å². The van der Waals surface area contributed by atoms with E-state index >= 15 is 0 Å². The first-order chi connectivity index (χ1) is 8.39. The number of H-pyrrole nitrogens is 1. The normalized spacial score (nSPS) is 21.7. The van der Waals surface area contributed by atoms with Crippen molar-refractivity contribution < 1.29 is 8.42 Å². The number of sulfone groups is 1. The summed E-state index contributed by atoms with van der Waals surface area (Å²) in [6.45, 7) is 5.93. The van der Waals surface area contributed by atoms with Crippen molar-refractivity contribution in [1.82, 2.24) is 9.97 Å². The highest BCUT2D eigenvalue weighted by Crippen LogP contribution is 2.32. The van der Waals surface area contributed by atoms with Gasteiger partial charge in [-0.2, -0.15) is 0 Å². The van der Waals surface area contributed by atoms with Crippen LogP contribution in [-0.4, -0.2) is 23.6 Å². The summed E-state index contributed by atoms with van der Waals surface area (Å²) in [4.78, 5) is 8.14. The first kappa shape index (κ1) is 11.7. The Labute approximate surface area is 106 Å². The summed E-state index contributed by atoms with van der Waals surface area (Å²) in [7, 11) is -3.16. The van der Waals surface area contributed by atoms with Gasteiger partial charge in [-0.1, -0.05) is 13.8 Å². The van der Waals surface area contributed by atoms with Crippen LogP contribution in [0, 0.1) is 0 Å². The van der Waals surface area contributed by atoms with Crippen molar-refractivity contribution in [3.63, 3.8) is 0 Å². The van der Waals surface area contributed by atoms with Crippen LogP contribution in [0.25, 0.3) is 11.0 Å². The second-order valence-electron chi connectivity index (χ2n) is 5.31. The predicted molar refractivity (Wildman–Crippen MR) is 70.5 cm³/mol. The molecule has 18 heavy (non-hydrogen) atoms. The van der Waals surface area contributed by atoms with Gasteiger partial charge in [0, 0.05) is 17.5 Å². The molecule has 0 saturated heterocycles. The lowest BCUT2D eigenvalue weighted by molar-refractivity contribution is 0.590. The molecule has 1 N–H and O–H groups in total. The zero-order chi connectivity index (χ0) is 13.1. The van der Waals surface area contributed by atoms with E-state index in [1.54, 1.807) is 13.0 Å². The molecule has 2 aromatic rings. The summed E-state index contributed by atoms with van der Waals surface area (Å²) in [5.74, 6) is 0.379. The molecule has 0 amide bonds. The first-order valence-electron chi connectivity index (χ1n) is 6.16. The first-order valence-corrected chi connectivity index (χ1v) is 7.70. The third-order valence-electron chi connectivity index (χ3n) is 3.60. The minimum Gasteiger partial charge on any atom is -0.343 e. The summed E-state index contributed by atoms with van der Waals surface area (Å²) in [6.07, 6.45) is 0.517. The molecule has 96 valence electrons. The van der Waals surface area contributed by atoms with Crippen LogP contribution in [0.1, 0.15) is 38.1 Å². The van der Waals surface area contributed by atoms with Crippen LogP contribution in [0.15, 0.2) is 17.0 Å². The predicted octanol–water partition coefficient (Wildman–Crippen LogP) is 2.40. The highest BCUT2D eigenvalue weighted by molar-refractivity contribution is 7.92. The number of pyridine rings is 1. The Morgan fingerprint density at radius 3 is 2.78 bits per heavy atom. The van der Waals surface area contributed by atoms with Crippen LogP contribution in [0.2, 0.25) is 0 Å². The number of aromatic amines is 1. The standard InChI is InChI=1S/C13H16N2O2S/c1-7(2)10-5-9-6-12-11(15-13(9)14-10)4-8(3)18(12,16)17/h5-8H,4H2,1-3H3,(H,14,15). The average molecular weight is 264 g/mol. The lowest BCUT2D eigenvalue weighted by Crippen LogP contribution is -2.11. The van der Waals surface area contributed by atoms with Crippen molar-refractivity contribution in [2.45, 2.75) is 43.3 Å². The molecule has 1 aliphatic heterocycles. The maximum absolute atomic E-state index is 12.1. The Morgan fingerprint density at radius 1 is 1.39 bits per heavy atom. The maximum atomic E-state index is 12.1. The van der Waals surface area contributed by atoms with E-state index < -0.39 is 9.84 Å². The van der Waals surface area contributed by atoms with Gasteiger partial charge in [-0.25, -0.2) is 13.4 Å². The fourth-order valence-electron chi connectivity index (χ4n) is 2.40. The topological polar surface area (TPSA) is 62.8 Å². The van der Waals surface area contributed by atoms with Crippen LogP contribution in [0.3, 0.4) is 0 Å². The Balaban J connectivity index is 2.26. The smallest absolute Gasteiger partial charge is 0.183 e. The van der Waals surface area contributed by atoms with Crippen LogP contribution >= 0.6 is 0 Å². The van der Waals surface area contributed by atoms with E-state index in [4.69, 9.17) is 0 Å². The summed E-state index contributed by atoms with van der Waals surface area (Å²) >= 11 is 0.